The average molecular weight is 547 g/mol. The van der Waals surface area contributed by atoms with Crippen molar-refractivity contribution in [2.75, 3.05) is 13.2 Å². The van der Waals surface area contributed by atoms with E-state index in [0.29, 0.717) is 13.2 Å². The lowest BCUT2D eigenvalue weighted by Gasteiger charge is -2.17. The summed E-state index contributed by atoms with van der Waals surface area (Å²) in [7, 11) is 0. The lowest BCUT2D eigenvalue weighted by atomic mass is 10.1. The molecule has 2 heterocycles. The highest BCUT2D eigenvalue weighted by molar-refractivity contribution is 5.77. The fourth-order valence-electron chi connectivity index (χ4n) is 3.39. The molecule has 4 aromatic rings. The van der Waals surface area contributed by atoms with Gasteiger partial charge in [-0.25, -0.2) is 0 Å². The maximum Gasteiger partial charge on any atom is 0.161 e. The molecule has 0 spiro atoms. The van der Waals surface area contributed by atoms with Crippen molar-refractivity contribution >= 4 is 10.9 Å². The molecule has 1 N–H and O–H groups in total. The van der Waals surface area contributed by atoms with Gasteiger partial charge in [-0.15, -0.1) is 0 Å². The molecule has 40 heavy (non-hydrogen) atoms. The first-order chi connectivity index (χ1) is 19.1. The van der Waals surface area contributed by atoms with Gasteiger partial charge >= 0.3 is 0 Å². The van der Waals surface area contributed by atoms with Crippen LogP contribution in [0.3, 0.4) is 0 Å². The highest BCUT2D eigenvalue weighted by Gasteiger charge is 2.08. The van der Waals surface area contributed by atoms with Crippen molar-refractivity contribution in [3.8, 4) is 11.5 Å². The quantitative estimate of drug-likeness (QED) is 0.239. The Labute approximate surface area is 244 Å². The number of aromatic amines is 1. The second-order valence-electron chi connectivity index (χ2n) is 11.9. The Balaban J connectivity index is 0.000000252. The minimum absolute atomic E-state index is 0.664. The van der Waals surface area contributed by atoms with Gasteiger partial charge in [0.1, 0.15) is 13.2 Å². The summed E-state index contributed by atoms with van der Waals surface area (Å²) in [6, 6.07) is 24.4. The average Bonchev–Trinajstić information content (AvgIpc) is 3.58. The van der Waals surface area contributed by atoms with E-state index in [9.17, 15) is 0 Å². The number of ether oxygens (including phenoxy) is 2. The van der Waals surface area contributed by atoms with E-state index in [-0.39, 0.29) is 0 Å². The van der Waals surface area contributed by atoms with E-state index in [1.54, 1.807) is 11.1 Å². The highest BCUT2D eigenvalue weighted by atomic mass is 16.6. The zero-order chi connectivity index (χ0) is 29.8. The minimum Gasteiger partial charge on any atom is -0.486 e. The summed E-state index contributed by atoms with van der Waals surface area (Å²) in [5.74, 6) is 4.21. The molecular formula is C36H54N2O2. The molecule has 0 unspecified atom stereocenters. The maximum absolute atomic E-state index is 5.30. The maximum atomic E-state index is 5.30. The van der Waals surface area contributed by atoms with Gasteiger partial charge in [0.25, 0.3) is 0 Å². The second kappa shape index (κ2) is 20.6. The summed E-state index contributed by atoms with van der Waals surface area (Å²) in [6.07, 6.45) is 5.78. The predicted octanol–water partition coefficient (Wildman–Crippen LogP) is 10.2. The van der Waals surface area contributed by atoms with Crippen LogP contribution in [-0.2, 0) is 12.8 Å². The molecule has 1 aliphatic heterocycles. The van der Waals surface area contributed by atoms with E-state index in [1.807, 2.05) is 54.7 Å². The normalized spacial score (nSPS) is 12.2. The topological polar surface area (TPSA) is 47.1 Å². The lowest BCUT2D eigenvalue weighted by molar-refractivity contribution is 0.171. The Bertz CT molecular complexity index is 1060. The summed E-state index contributed by atoms with van der Waals surface area (Å²) in [6.45, 7) is 20.8. The van der Waals surface area contributed by atoms with E-state index in [1.165, 1.54) is 19.3 Å². The van der Waals surface area contributed by atoms with E-state index >= 15 is 0 Å². The molecule has 0 saturated heterocycles. The summed E-state index contributed by atoms with van der Waals surface area (Å²) in [5, 5.41) is 7.91. The zero-order valence-corrected chi connectivity index (χ0v) is 26.5. The number of nitrogens with zero attached hydrogens (tertiary/aromatic N) is 1. The molecule has 0 atom stereocenters. The van der Waals surface area contributed by atoms with Crippen LogP contribution < -0.4 is 9.47 Å². The molecule has 4 heteroatoms. The molecule has 0 fully saturated rings. The minimum atomic E-state index is 0.664. The van der Waals surface area contributed by atoms with Crippen molar-refractivity contribution in [2.24, 2.45) is 17.8 Å². The van der Waals surface area contributed by atoms with Crippen molar-refractivity contribution in [1.82, 2.24) is 10.2 Å². The Morgan fingerprint density at radius 1 is 0.575 bits per heavy atom. The third-order valence-electron chi connectivity index (χ3n) is 4.81. The van der Waals surface area contributed by atoms with Crippen molar-refractivity contribution in [1.29, 1.82) is 0 Å². The molecule has 1 aliphatic carbocycles. The van der Waals surface area contributed by atoms with E-state index in [0.717, 1.165) is 40.2 Å². The molecule has 220 valence electrons. The number of rotatable bonds is 0. The van der Waals surface area contributed by atoms with Crippen molar-refractivity contribution < 1.29 is 9.47 Å². The van der Waals surface area contributed by atoms with Crippen LogP contribution in [0.2, 0.25) is 0 Å². The molecule has 0 amide bonds. The fraction of sp³-hybridized carbons (Fsp3) is 0.472. The summed E-state index contributed by atoms with van der Waals surface area (Å²) in [4.78, 5) is 0. The van der Waals surface area contributed by atoms with Crippen LogP contribution in [0, 0.1) is 17.8 Å². The second-order valence-corrected chi connectivity index (χ2v) is 11.9. The molecule has 1 aromatic heterocycles. The number of aromatic nitrogens is 2. The summed E-state index contributed by atoms with van der Waals surface area (Å²) >= 11 is 0. The van der Waals surface area contributed by atoms with Crippen LogP contribution >= 0.6 is 0 Å². The Morgan fingerprint density at radius 3 is 1.43 bits per heavy atom. The SMILES string of the molecule is CC(C)C.CC(C)C.CC(C)C.c1ccc2[nH]ncc2c1.c1ccc2c(c1)CCC2.c1ccc2c(c1)OCCO2. The Hall–Kier alpha value is -3.27. The summed E-state index contributed by atoms with van der Waals surface area (Å²) in [5.41, 5.74) is 4.23. The Kier molecular flexibility index (Phi) is 17.9. The number of H-pyrrole nitrogens is 1. The van der Waals surface area contributed by atoms with Gasteiger partial charge in [0.15, 0.2) is 11.5 Å². The standard InChI is InChI=1S/C9H10.C8H8O2.C7H6N2.3C4H10/c1-2-5-9-7-3-6-8(9)4-1;1-2-4-8-7(3-1)9-5-6-10-8;1-2-4-7-6(3-1)5-8-9-7;3*1-4(2)3/h1-2,4-5H,3,6-7H2;1-4H,5-6H2;1-5H,(H,8,9);3*4H,1-3H3. The van der Waals surface area contributed by atoms with Gasteiger partial charge in [0.2, 0.25) is 0 Å². The first-order valence-corrected chi connectivity index (χ1v) is 14.9. The van der Waals surface area contributed by atoms with E-state index in [2.05, 4.69) is 96.8 Å². The number of hydrogen-bond acceptors (Lipinski definition) is 3. The first-order valence-electron chi connectivity index (χ1n) is 14.9. The van der Waals surface area contributed by atoms with E-state index in [4.69, 9.17) is 9.47 Å². The van der Waals surface area contributed by atoms with Gasteiger partial charge in [-0.05, 0) is 66.3 Å². The van der Waals surface area contributed by atoms with Crippen LogP contribution in [0.1, 0.15) is 79.9 Å². The number of aryl methyl sites for hydroxylation is 2. The number of nitrogens with one attached hydrogen (secondary N) is 1. The van der Waals surface area contributed by atoms with Gasteiger partial charge in [-0.2, -0.15) is 5.10 Å². The zero-order valence-electron chi connectivity index (χ0n) is 26.5. The van der Waals surface area contributed by atoms with Gasteiger partial charge < -0.3 is 9.47 Å². The van der Waals surface area contributed by atoms with Crippen LogP contribution in [0.25, 0.3) is 10.9 Å². The first kappa shape index (κ1) is 34.8. The molecule has 3 aromatic carbocycles. The predicted molar refractivity (Wildman–Crippen MR) is 174 cm³/mol. The molecular weight excluding hydrogens is 492 g/mol. The van der Waals surface area contributed by atoms with Crippen molar-refractivity contribution in [2.45, 2.75) is 81.6 Å². The van der Waals surface area contributed by atoms with Crippen LogP contribution in [-0.4, -0.2) is 23.4 Å². The number of hydrogen-bond donors (Lipinski definition) is 1. The third-order valence-corrected chi connectivity index (χ3v) is 4.81. The smallest absolute Gasteiger partial charge is 0.161 e. The van der Waals surface area contributed by atoms with E-state index < -0.39 is 0 Å². The highest BCUT2D eigenvalue weighted by Crippen LogP contribution is 2.28. The molecule has 4 nitrogen and oxygen atoms in total. The van der Waals surface area contributed by atoms with Gasteiger partial charge in [-0.3, -0.25) is 5.10 Å². The molecule has 0 radical (unpaired) electrons. The van der Waals surface area contributed by atoms with Crippen LogP contribution in [0.15, 0.2) is 79.0 Å². The number of fused-ring (bicyclic) bond motifs is 3. The number of para-hydroxylation sites is 3. The fourth-order valence-corrected chi connectivity index (χ4v) is 3.39. The van der Waals surface area contributed by atoms with Crippen molar-refractivity contribution in [3.05, 3.63) is 90.1 Å². The summed E-state index contributed by atoms with van der Waals surface area (Å²) < 4.78 is 10.6. The van der Waals surface area contributed by atoms with Gasteiger partial charge in [0.05, 0.1) is 11.7 Å². The molecule has 0 bridgehead atoms. The van der Waals surface area contributed by atoms with Crippen molar-refractivity contribution in [3.63, 3.8) is 0 Å². The number of benzene rings is 3. The van der Waals surface area contributed by atoms with Crippen LogP contribution in [0.4, 0.5) is 0 Å². The van der Waals surface area contributed by atoms with Gasteiger partial charge in [0, 0.05) is 5.39 Å². The monoisotopic (exact) mass is 546 g/mol. The van der Waals surface area contributed by atoms with Crippen LogP contribution in [0.5, 0.6) is 11.5 Å². The molecule has 0 saturated carbocycles. The molecule has 2 aliphatic rings. The van der Waals surface area contributed by atoms with Gasteiger partial charge in [-0.1, -0.05) is 117 Å². The Morgan fingerprint density at radius 2 is 0.975 bits per heavy atom. The largest absolute Gasteiger partial charge is 0.486 e. The lowest BCUT2D eigenvalue weighted by Crippen LogP contribution is -2.14. The third kappa shape index (κ3) is 16.6. The molecule has 6 rings (SSSR count).